The fraction of sp³-hybridized carbons (Fsp3) is 0.867. The molecule has 1 N–H and O–H groups in total. The Kier molecular flexibility index (Phi) is 6.60. The summed E-state index contributed by atoms with van der Waals surface area (Å²) in [7, 11) is 2.21. The highest BCUT2D eigenvalue weighted by atomic mass is 15.4. The van der Waals surface area contributed by atoms with Crippen LogP contribution in [0.4, 0.5) is 0 Å². The summed E-state index contributed by atoms with van der Waals surface area (Å²) in [4.78, 5) is 4.94. The van der Waals surface area contributed by atoms with Crippen LogP contribution in [0.3, 0.4) is 0 Å². The average molecular weight is 294 g/mol. The topological polar surface area (TPSA) is 49.2 Å². The molecule has 6 nitrogen and oxygen atoms in total. The summed E-state index contributed by atoms with van der Waals surface area (Å²) in [6.07, 6.45) is 3.33. The third-order valence-electron chi connectivity index (χ3n) is 3.90. The van der Waals surface area contributed by atoms with Gasteiger partial charge >= 0.3 is 0 Å². The van der Waals surface area contributed by atoms with Crippen LogP contribution in [-0.4, -0.2) is 71.1 Å². The van der Waals surface area contributed by atoms with Crippen molar-refractivity contribution in [2.24, 2.45) is 5.92 Å². The average Bonchev–Trinajstić information content (AvgIpc) is 2.78. The van der Waals surface area contributed by atoms with E-state index in [1.807, 2.05) is 4.68 Å². The number of rotatable bonds is 7. The number of hydrogen-bond acceptors (Lipinski definition) is 5. The molecule has 0 radical (unpaired) electrons. The van der Waals surface area contributed by atoms with Gasteiger partial charge in [0.1, 0.15) is 0 Å². The first-order valence-corrected chi connectivity index (χ1v) is 8.14. The quantitative estimate of drug-likeness (QED) is 0.801. The van der Waals surface area contributed by atoms with Gasteiger partial charge in [-0.25, -0.2) is 0 Å². The van der Waals surface area contributed by atoms with Crippen LogP contribution >= 0.6 is 0 Å². The molecule has 0 bridgehead atoms. The summed E-state index contributed by atoms with van der Waals surface area (Å²) in [6.45, 7) is 13.0. The molecule has 0 saturated carbocycles. The molecule has 6 heteroatoms. The number of likely N-dealkylation sites (N-methyl/N-ethyl adjacent to an activating group) is 1. The molecule has 0 amide bonds. The van der Waals surface area contributed by atoms with Crippen molar-refractivity contribution in [3.05, 3.63) is 11.9 Å². The van der Waals surface area contributed by atoms with Gasteiger partial charge in [0.2, 0.25) is 0 Å². The first-order valence-electron chi connectivity index (χ1n) is 8.14. The van der Waals surface area contributed by atoms with Crippen LogP contribution in [0, 0.1) is 5.92 Å². The van der Waals surface area contributed by atoms with Gasteiger partial charge in [0.15, 0.2) is 0 Å². The molecule has 0 spiro atoms. The molecule has 0 unspecified atom stereocenters. The molecule has 1 fully saturated rings. The molecule has 1 saturated heterocycles. The maximum Gasteiger partial charge on any atom is 0.0964 e. The van der Waals surface area contributed by atoms with Crippen molar-refractivity contribution < 1.29 is 0 Å². The normalized spacial score (nSPS) is 18.3. The Morgan fingerprint density at radius 3 is 2.86 bits per heavy atom. The summed E-state index contributed by atoms with van der Waals surface area (Å²) in [6, 6.07) is 0. The molecule has 2 rings (SSSR count). The lowest BCUT2D eigenvalue weighted by atomic mass is 10.2. The Labute approximate surface area is 128 Å². The van der Waals surface area contributed by atoms with E-state index in [1.54, 1.807) is 0 Å². The van der Waals surface area contributed by atoms with E-state index in [9.17, 15) is 0 Å². The smallest absolute Gasteiger partial charge is 0.0964 e. The fourth-order valence-corrected chi connectivity index (χ4v) is 2.59. The Hall–Kier alpha value is -0.980. The molecule has 0 aliphatic carbocycles. The second-order valence-corrected chi connectivity index (χ2v) is 6.50. The summed E-state index contributed by atoms with van der Waals surface area (Å²) < 4.78 is 1.97. The number of nitrogens with one attached hydrogen (secondary N) is 1. The predicted molar refractivity (Wildman–Crippen MR) is 85.1 cm³/mol. The molecule has 120 valence electrons. The predicted octanol–water partition coefficient (Wildman–Crippen LogP) is 0.661. The van der Waals surface area contributed by atoms with E-state index in [0.717, 1.165) is 38.4 Å². The van der Waals surface area contributed by atoms with E-state index in [0.29, 0.717) is 5.92 Å². The third-order valence-corrected chi connectivity index (χ3v) is 3.90. The van der Waals surface area contributed by atoms with Gasteiger partial charge in [0, 0.05) is 32.4 Å². The maximum absolute atomic E-state index is 4.23. The second kappa shape index (κ2) is 8.46. The molecule has 21 heavy (non-hydrogen) atoms. The zero-order valence-electron chi connectivity index (χ0n) is 13.8. The fourth-order valence-electron chi connectivity index (χ4n) is 2.59. The van der Waals surface area contributed by atoms with Crippen molar-refractivity contribution in [3.63, 3.8) is 0 Å². The van der Waals surface area contributed by atoms with E-state index in [2.05, 4.69) is 52.5 Å². The van der Waals surface area contributed by atoms with Crippen molar-refractivity contribution in [2.45, 2.75) is 33.4 Å². The van der Waals surface area contributed by atoms with Crippen molar-refractivity contribution in [3.8, 4) is 0 Å². The Balaban J connectivity index is 1.69. The van der Waals surface area contributed by atoms with Crippen molar-refractivity contribution in [1.82, 2.24) is 30.1 Å². The van der Waals surface area contributed by atoms with Crippen molar-refractivity contribution >= 4 is 0 Å². The second-order valence-electron chi connectivity index (χ2n) is 6.50. The largest absolute Gasteiger partial charge is 0.311 e. The molecule has 1 aliphatic heterocycles. The van der Waals surface area contributed by atoms with Crippen LogP contribution in [0.5, 0.6) is 0 Å². The molecule has 0 aromatic carbocycles. The monoisotopic (exact) mass is 294 g/mol. The molecule has 2 heterocycles. The van der Waals surface area contributed by atoms with Crippen LogP contribution < -0.4 is 5.32 Å². The van der Waals surface area contributed by atoms with Gasteiger partial charge < -0.3 is 15.1 Å². The lowest BCUT2D eigenvalue weighted by Crippen LogP contribution is -2.31. The molecule has 1 aliphatic rings. The van der Waals surface area contributed by atoms with Gasteiger partial charge in [-0.1, -0.05) is 19.1 Å². The van der Waals surface area contributed by atoms with E-state index in [1.165, 1.54) is 26.1 Å². The third kappa shape index (κ3) is 6.11. The van der Waals surface area contributed by atoms with E-state index in [4.69, 9.17) is 0 Å². The van der Waals surface area contributed by atoms with Gasteiger partial charge in [-0.2, -0.15) is 0 Å². The highest BCUT2D eigenvalue weighted by Gasteiger charge is 2.12. The van der Waals surface area contributed by atoms with E-state index < -0.39 is 0 Å². The summed E-state index contributed by atoms with van der Waals surface area (Å²) in [5.41, 5.74) is 1.03. The number of nitrogens with zero attached hydrogens (tertiary/aromatic N) is 5. The van der Waals surface area contributed by atoms with Crippen LogP contribution in [0.1, 0.15) is 26.0 Å². The van der Waals surface area contributed by atoms with Crippen LogP contribution in [-0.2, 0) is 13.1 Å². The van der Waals surface area contributed by atoms with Crippen LogP contribution in [0.2, 0.25) is 0 Å². The summed E-state index contributed by atoms with van der Waals surface area (Å²) in [5.74, 6) is 0.668. The number of aromatic nitrogens is 3. The lowest BCUT2D eigenvalue weighted by molar-refractivity contribution is 0.262. The van der Waals surface area contributed by atoms with Gasteiger partial charge in [-0.3, -0.25) is 4.68 Å². The summed E-state index contributed by atoms with van der Waals surface area (Å²) in [5, 5.41) is 11.9. The first kappa shape index (κ1) is 16.4. The molecular formula is C15H30N6. The highest BCUT2D eigenvalue weighted by Crippen LogP contribution is 2.02. The van der Waals surface area contributed by atoms with Gasteiger partial charge in [-0.15, -0.1) is 5.10 Å². The maximum atomic E-state index is 4.23. The highest BCUT2D eigenvalue weighted by molar-refractivity contribution is 4.91. The summed E-state index contributed by atoms with van der Waals surface area (Å²) >= 11 is 0. The first-order chi connectivity index (χ1) is 10.1. The molecular weight excluding hydrogens is 264 g/mol. The molecule has 1 aromatic heterocycles. The standard InChI is InChI=1S/C15H30N6/c1-14(2)11-16-12-15-13-21(18-17-15)10-9-20-6-4-5-19(3)7-8-20/h13-14,16H,4-12H2,1-3H3. The minimum absolute atomic E-state index is 0.668. The lowest BCUT2D eigenvalue weighted by Gasteiger charge is -2.19. The van der Waals surface area contributed by atoms with Crippen LogP contribution in [0.25, 0.3) is 0 Å². The van der Waals surface area contributed by atoms with Gasteiger partial charge in [0.05, 0.1) is 12.2 Å². The Morgan fingerprint density at radius 2 is 2.05 bits per heavy atom. The molecule has 1 aromatic rings. The SMILES string of the molecule is CC(C)CNCc1cn(CCN2CCCN(C)CC2)nn1. The van der Waals surface area contributed by atoms with Gasteiger partial charge in [-0.05, 0) is 39.0 Å². The zero-order chi connectivity index (χ0) is 15.1. The molecule has 0 atom stereocenters. The Morgan fingerprint density at radius 1 is 1.19 bits per heavy atom. The van der Waals surface area contributed by atoms with Crippen molar-refractivity contribution in [1.29, 1.82) is 0 Å². The van der Waals surface area contributed by atoms with Crippen LogP contribution in [0.15, 0.2) is 6.20 Å². The van der Waals surface area contributed by atoms with Gasteiger partial charge in [0.25, 0.3) is 0 Å². The minimum atomic E-state index is 0.668. The van der Waals surface area contributed by atoms with Crippen molar-refractivity contribution in [2.75, 3.05) is 46.3 Å². The van der Waals surface area contributed by atoms with E-state index >= 15 is 0 Å². The minimum Gasteiger partial charge on any atom is -0.311 e. The number of hydrogen-bond donors (Lipinski definition) is 1. The zero-order valence-corrected chi connectivity index (χ0v) is 13.8. The van der Waals surface area contributed by atoms with E-state index in [-0.39, 0.29) is 0 Å². The Bertz CT molecular complexity index is 403.